The molecule has 1 aromatic carbocycles. The van der Waals surface area contributed by atoms with E-state index in [2.05, 4.69) is 5.32 Å². The Balaban J connectivity index is 2.39. The fourth-order valence-corrected chi connectivity index (χ4v) is 1.51. The number of aliphatic hydroxyl groups excluding tert-OH is 1. The molecule has 0 aliphatic rings. The van der Waals surface area contributed by atoms with Crippen LogP contribution in [-0.4, -0.2) is 31.2 Å². The Morgan fingerprint density at radius 3 is 2.67 bits per heavy atom. The van der Waals surface area contributed by atoms with Crippen LogP contribution < -0.4 is 15.8 Å². The van der Waals surface area contributed by atoms with Crippen molar-refractivity contribution in [1.29, 1.82) is 0 Å². The number of nitrogens with two attached hydrogens (primary N) is 1. The number of carbonyl (C=O) groups is 1. The van der Waals surface area contributed by atoms with Crippen molar-refractivity contribution in [3.8, 4) is 5.75 Å². The van der Waals surface area contributed by atoms with Gasteiger partial charge in [-0.05, 0) is 30.7 Å². The van der Waals surface area contributed by atoms with Crippen LogP contribution in [0.4, 0.5) is 0 Å². The summed E-state index contributed by atoms with van der Waals surface area (Å²) >= 11 is 0. The van der Waals surface area contributed by atoms with Crippen LogP contribution in [-0.2, 0) is 4.79 Å². The molecule has 0 saturated heterocycles. The monoisotopic (exact) mass is 252 g/mol. The van der Waals surface area contributed by atoms with Crippen LogP contribution in [0.3, 0.4) is 0 Å². The summed E-state index contributed by atoms with van der Waals surface area (Å²) in [6, 6.07) is 7.09. The van der Waals surface area contributed by atoms with Gasteiger partial charge in [0.1, 0.15) is 5.75 Å². The van der Waals surface area contributed by atoms with Crippen LogP contribution in [0.5, 0.6) is 5.75 Å². The van der Waals surface area contributed by atoms with Gasteiger partial charge in [0.2, 0.25) is 5.91 Å². The predicted molar refractivity (Wildman–Crippen MR) is 69.3 cm³/mol. The summed E-state index contributed by atoms with van der Waals surface area (Å²) in [6.45, 7) is 0.699. The van der Waals surface area contributed by atoms with Gasteiger partial charge in [-0.3, -0.25) is 4.79 Å². The number of nitrogens with one attached hydrogen (secondary N) is 1. The molecule has 18 heavy (non-hydrogen) atoms. The number of aliphatic hydroxyl groups is 1. The molecule has 5 nitrogen and oxygen atoms in total. The summed E-state index contributed by atoms with van der Waals surface area (Å²) in [5.41, 5.74) is 6.06. The molecule has 0 fully saturated rings. The average molecular weight is 252 g/mol. The summed E-state index contributed by atoms with van der Waals surface area (Å²) in [4.78, 5) is 11.3. The number of amides is 1. The van der Waals surface area contributed by atoms with Gasteiger partial charge in [0, 0.05) is 13.0 Å². The fourth-order valence-electron chi connectivity index (χ4n) is 1.51. The quantitative estimate of drug-likeness (QED) is 0.663. The van der Waals surface area contributed by atoms with Gasteiger partial charge in [-0.1, -0.05) is 12.1 Å². The van der Waals surface area contributed by atoms with E-state index in [1.54, 1.807) is 31.4 Å². The van der Waals surface area contributed by atoms with E-state index in [0.717, 1.165) is 11.3 Å². The van der Waals surface area contributed by atoms with Crippen LogP contribution in [0.2, 0.25) is 0 Å². The Hall–Kier alpha value is -1.59. The summed E-state index contributed by atoms with van der Waals surface area (Å²) < 4.78 is 5.03. The van der Waals surface area contributed by atoms with Crippen LogP contribution in [0.15, 0.2) is 24.3 Å². The number of rotatable bonds is 7. The SMILES string of the molecule is COc1ccc(C(O)CNC(=O)CCCN)cc1. The second-order valence-electron chi connectivity index (χ2n) is 3.99. The van der Waals surface area contributed by atoms with Gasteiger partial charge < -0.3 is 20.9 Å². The Labute approximate surface area is 107 Å². The minimum Gasteiger partial charge on any atom is -0.497 e. The topological polar surface area (TPSA) is 84.6 Å². The fraction of sp³-hybridized carbons (Fsp3) is 0.462. The molecule has 5 heteroatoms. The molecule has 1 unspecified atom stereocenters. The van der Waals surface area contributed by atoms with Crippen LogP contribution in [0.25, 0.3) is 0 Å². The number of methoxy groups -OCH3 is 1. The molecule has 0 aromatic heterocycles. The summed E-state index contributed by atoms with van der Waals surface area (Å²) in [5, 5.41) is 12.5. The Morgan fingerprint density at radius 2 is 2.11 bits per heavy atom. The molecule has 0 aliphatic carbocycles. The summed E-state index contributed by atoms with van der Waals surface area (Å²) in [7, 11) is 1.59. The number of benzene rings is 1. The Kier molecular flexibility index (Phi) is 6.18. The van der Waals surface area contributed by atoms with Crippen LogP contribution in [0, 0.1) is 0 Å². The van der Waals surface area contributed by atoms with Gasteiger partial charge in [-0.2, -0.15) is 0 Å². The number of carbonyl (C=O) groups excluding carboxylic acids is 1. The van der Waals surface area contributed by atoms with Crippen molar-refractivity contribution in [2.45, 2.75) is 18.9 Å². The van der Waals surface area contributed by atoms with E-state index in [0.29, 0.717) is 19.4 Å². The van der Waals surface area contributed by atoms with Crippen molar-refractivity contribution in [3.05, 3.63) is 29.8 Å². The zero-order valence-electron chi connectivity index (χ0n) is 10.6. The summed E-state index contributed by atoms with van der Waals surface area (Å²) in [6.07, 6.45) is 0.341. The van der Waals surface area contributed by atoms with Crippen molar-refractivity contribution >= 4 is 5.91 Å². The smallest absolute Gasteiger partial charge is 0.220 e. The molecule has 100 valence electrons. The first kappa shape index (κ1) is 14.5. The van der Waals surface area contributed by atoms with Crippen molar-refractivity contribution in [1.82, 2.24) is 5.32 Å². The van der Waals surface area contributed by atoms with E-state index in [9.17, 15) is 9.90 Å². The van der Waals surface area contributed by atoms with E-state index in [4.69, 9.17) is 10.5 Å². The Morgan fingerprint density at radius 1 is 1.44 bits per heavy atom. The summed E-state index contributed by atoms with van der Waals surface area (Å²) in [5.74, 6) is 0.644. The van der Waals surface area contributed by atoms with Crippen molar-refractivity contribution in [2.24, 2.45) is 5.73 Å². The molecule has 0 spiro atoms. The van der Waals surface area contributed by atoms with Crippen LogP contribution >= 0.6 is 0 Å². The third-order valence-corrected chi connectivity index (χ3v) is 2.60. The van der Waals surface area contributed by atoms with Gasteiger partial charge in [-0.25, -0.2) is 0 Å². The molecule has 0 aliphatic heterocycles. The van der Waals surface area contributed by atoms with Crippen molar-refractivity contribution in [3.63, 3.8) is 0 Å². The maximum absolute atomic E-state index is 11.3. The van der Waals surface area contributed by atoms with Crippen molar-refractivity contribution < 1.29 is 14.6 Å². The molecule has 1 atom stereocenters. The highest BCUT2D eigenvalue weighted by Crippen LogP contribution is 2.16. The number of hydrogen-bond donors (Lipinski definition) is 3. The maximum Gasteiger partial charge on any atom is 0.220 e. The van der Waals surface area contributed by atoms with Crippen molar-refractivity contribution in [2.75, 3.05) is 20.2 Å². The molecule has 0 heterocycles. The first-order chi connectivity index (χ1) is 8.67. The van der Waals surface area contributed by atoms with E-state index >= 15 is 0 Å². The Bertz CT molecular complexity index is 365. The molecular weight excluding hydrogens is 232 g/mol. The minimum atomic E-state index is -0.710. The molecular formula is C13H20N2O3. The van der Waals surface area contributed by atoms with Gasteiger partial charge in [-0.15, -0.1) is 0 Å². The van der Waals surface area contributed by atoms with E-state index in [1.165, 1.54) is 0 Å². The highest BCUT2D eigenvalue weighted by atomic mass is 16.5. The lowest BCUT2D eigenvalue weighted by Crippen LogP contribution is -2.28. The third kappa shape index (κ3) is 4.73. The van der Waals surface area contributed by atoms with Gasteiger partial charge in [0.15, 0.2) is 0 Å². The molecule has 1 aromatic rings. The second-order valence-corrected chi connectivity index (χ2v) is 3.99. The highest BCUT2D eigenvalue weighted by Gasteiger charge is 2.09. The van der Waals surface area contributed by atoms with E-state index in [-0.39, 0.29) is 12.5 Å². The van der Waals surface area contributed by atoms with Gasteiger partial charge in [0.25, 0.3) is 0 Å². The molecule has 1 amide bonds. The van der Waals surface area contributed by atoms with Gasteiger partial charge >= 0.3 is 0 Å². The molecule has 0 bridgehead atoms. The normalized spacial score (nSPS) is 11.9. The maximum atomic E-state index is 11.3. The van der Waals surface area contributed by atoms with E-state index in [1.807, 2.05) is 0 Å². The number of hydrogen-bond acceptors (Lipinski definition) is 4. The lowest BCUT2D eigenvalue weighted by Gasteiger charge is -2.12. The number of ether oxygens (including phenoxy) is 1. The van der Waals surface area contributed by atoms with Crippen LogP contribution in [0.1, 0.15) is 24.5 Å². The first-order valence-electron chi connectivity index (χ1n) is 5.96. The van der Waals surface area contributed by atoms with Gasteiger partial charge in [0.05, 0.1) is 13.2 Å². The first-order valence-corrected chi connectivity index (χ1v) is 5.96. The zero-order valence-corrected chi connectivity index (χ0v) is 10.6. The third-order valence-electron chi connectivity index (χ3n) is 2.60. The molecule has 4 N–H and O–H groups in total. The predicted octanol–water partition coefficient (Wildman–Crippen LogP) is 0.584. The highest BCUT2D eigenvalue weighted by molar-refractivity contribution is 5.75. The lowest BCUT2D eigenvalue weighted by molar-refractivity contribution is -0.121. The van der Waals surface area contributed by atoms with E-state index < -0.39 is 6.10 Å². The largest absolute Gasteiger partial charge is 0.497 e. The molecule has 1 rings (SSSR count). The lowest BCUT2D eigenvalue weighted by atomic mass is 10.1. The minimum absolute atomic E-state index is 0.0898. The molecule has 0 radical (unpaired) electrons. The second kappa shape index (κ2) is 7.68. The average Bonchev–Trinajstić information content (AvgIpc) is 2.42. The standard InChI is InChI=1S/C13H20N2O3/c1-18-11-6-4-10(5-7-11)12(16)9-15-13(17)3-2-8-14/h4-7,12,16H,2-3,8-9,14H2,1H3,(H,15,17). The molecule has 0 saturated carbocycles. The zero-order chi connectivity index (χ0) is 13.4.